The molecular formula is C14H13FN4. The number of nitrogens with zero attached hydrogens (tertiary/aromatic N) is 4. The number of anilines is 1. The largest absolute Gasteiger partial charge is 0.343 e. The molecule has 0 saturated heterocycles. The van der Waals surface area contributed by atoms with E-state index in [1.165, 1.54) is 12.1 Å². The molecule has 1 aromatic heterocycles. The van der Waals surface area contributed by atoms with Gasteiger partial charge in [0.2, 0.25) is 5.95 Å². The summed E-state index contributed by atoms with van der Waals surface area (Å²) >= 11 is 0. The minimum Gasteiger partial charge on any atom is -0.343 e. The number of benzene rings is 1. The molecule has 0 amide bonds. The fourth-order valence-electron chi connectivity index (χ4n) is 1.63. The lowest BCUT2D eigenvalue weighted by Gasteiger charge is -2.14. The van der Waals surface area contributed by atoms with Gasteiger partial charge in [0.05, 0.1) is 12.5 Å². The van der Waals surface area contributed by atoms with E-state index in [4.69, 9.17) is 5.26 Å². The zero-order valence-corrected chi connectivity index (χ0v) is 10.5. The van der Waals surface area contributed by atoms with Crippen LogP contribution in [0.3, 0.4) is 0 Å². The Hall–Kier alpha value is -2.48. The quantitative estimate of drug-likeness (QED) is 0.843. The van der Waals surface area contributed by atoms with Gasteiger partial charge in [0.1, 0.15) is 5.82 Å². The van der Waals surface area contributed by atoms with Gasteiger partial charge in [-0.15, -0.1) is 0 Å². The van der Waals surface area contributed by atoms with Gasteiger partial charge in [0.15, 0.2) is 0 Å². The van der Waals surface area contributed by atoms with Crippen molar-refractivity contribution in [3.63, 3.8) is 0 Å². The highest BCUT2D eigenvalue weighted by molar-refractivity contribution is 5.61. The molecule has 2 rings (SSSR count). The zero-order valence-electron chi connectivity index (χ0n) is 10.5. The van der Waals surface area contributed by atoms with Crippen LogP contribution in [0.15, 0.2) is 36.7 Å². The topological polar surface area (TPSA) is 52.8 Å². The highest BCUT2D eigenvalue weighted by Gasteiger charge is 2.05. The molecule has 96 valence electrons. The molecule has 0 spiro atoms. The van der Waals surface area contributed by atoms with Crippen molar-refractivity contribution in [2.75, 3.05) is 18.5 Å². The molecular weight excluding hydrogens is 243 g/mol. The molecule has 0 unspecified atom stereocenters. The Labute approximate surface area is 111 Å². The third kappa shape index (κ3) is 3.26. The summed E-state index contributed by atoms with van der Waals surface area (Å²) in [5.41, 5.74) is 1.70. The summed E-state index contributed by atoms with van der Waals surface area (Å²) in [5, 5.41) is 8.53. The number of halogens is 1. The van der Waals surface area contributed by atoms with E-state index in [1.807, 2.05) is 11.9 Å². The molecule has 4 nitrogen and oxygen atoms in total. The van der Waals surface area contributed by atoms with Crippen molar-refractivity contribution in [1.82, 2.24) is 9.97 Å². The number of rotatable bonds is 4. The summed E-state index contributed by atoms with van der Waals surface area (Å²) in [6, 6.07) is 8.26. The zero-order chi connectivity index (χ0) is 13.7. The smallest absolute Gasteiger partial charge is 0.225 e. The first-order valence-corrected chi connectivity index (χ1v) is 5.87. The molecule has 0 N–H and O–H groups in total. The first-order chi connectivity index (χ1) is 9.20. The van der Waals surface area contributed by atoms with Gasteiger partial charge >= 0.3 is 0 Å². The summed E-state index contributed by atoms with van der Waals surface area (Å²) in [6.07, 6.45) is 3.82. The SMILES string of the molecule is CN(CCC#N)c1ncc(-c2ccc(F)cc2)cn1. The van der Waals surface area contributed by atoms with Crippen molar-refractivity contribution >= 4 is 5.95 Å². The lowest BCUT2D eigenvalue weighted by Crippen LogP contribution is -2.20. The van der Waals surface area contributed by atoms with Crippen LogP contribution < -0.4 is 4.90 Å². The third-order valence-electron chi connectivity index (χ3n) is 2.72. The minimum absolute atomic E-state index is 0.266. The lowest BCUT2D eigenvalue weighted by atomic mass is 10.1. The summed E-state index contributed by atoms with van der Waals surface area (Å²) in [6.45, 7) is 0.590. The van der Waals surface area contributed by atoms with Gasteiger partial charge in [-0.3, -0.25) is 0 Å². The molecule has 0 aliphatic heterocycles. The molecule has 0 bridgehead atoms. The summed E-state index contributed by atoms with van der Waals surface area (Å²) in [7, 11) is 1.84. The maximum absolute atomic E-state index is 12.8. The average Bonchev–Trinajstić information content (AvgIpc) is 2.46. The number of aromatic nitrogens is 2. The van der Waals surface area contributed by atoms with Gasteiger partial charge in [-0.2, -0.15) is 5.26 Å². The van der Waals surface area contributed by atoms with Gasteiger partial charge in [0.25, 0.3) is 0 Å². The van der Waals surface area contributed by atoms with Crippen LogP contribution in [-0.4, -0.2) is 23.6 Å². The van der Waals surface area contributed by atoms with E-state index in [-0.39, 0.29) is 5.82 Å². The molecule has 1 heterocycles. The van der Waals surface area contributed by atoms with E-state index in [2.05, 4.69) is 16.0 Å². The van der Waals surface area contributed by atoms with Crippen molar-refractivity contribution in [1.29, 1.82) is 5.26 Å². The van der Waals surface area contributed by atoms with Crippen molar-refractivity contribution < 1.29 is 4.39 Å². The van der Waals surface area contributed by atoms with Crippen LogP contribution in [0.2, 0.25) is 0 Å². The van der Waals surface area contributed by atoms with Gasteiger partial charge in [-0.1, -0.05) is 12.1 Å². The van der Waals surface area contributed by atoms with Gasteiger partial charge in [-0.25, -0.2) is 14.4 Å². The molecule has 0 atom stereocenters. The predicted molar refractivity (Wildman–Crippen MR) is 70.9 cm³/mol. The molecule has 1 aromatic carbocycles. The third-order valence-corrected chi connectivity index (χ3v) is 2.72. The molecule has 0 fully saturated rings. The standard InChI is InChI=1S/C14H13FN4/c1-19(8-2-7-16)14-17-9-12(10-18-14)11-3-5-13(15)6-4-11/h3-6,9-10H,2,8H2,1H3. The minimum atomic E-state index is -0.266. The first-order valence-electron chi connectivity index (χ1n) is 5.87. The average molecular weight is 256 g/mol. The van der Waals surface area contributed by atoms with Crippen molar-refractivity contribution in [2.45, 2.75) is 6.42 Å². The monoisotopic (exact) mass is 256 g/mol. The number of nitriles is 1. The predicted octanol–water partition coefficient (Wildman–Crippen LogP) is 2.63. The molecule has 5 heteroatoms. The van der Waals surface area contributed by atoms with Crippen molar-refractivity contribution in [3.8, 4) is 17.2 Å². The fourth-order valence-corrected chi connectivity index (χ4v) is 1.63. The van der Waals surface area contributed by atoms with Gasteiger partial charge in [0, 0.05) is 31.5 Å². The second-order valence-corrected chi connectivity index (χ2v) is 4.11. The Balaban J connectivity index is 2.14. The Morgan fingerprint density at radius 3 is 2.37 bits per heavy atom. The van der Waals surface area contributed by atoms with Crippen LogP contribution in [0, 0.1) is 17.1 Å². The second kappa shape index (κ2) is 5.91. The van der Waals surface area contributed by atoms with Gasteiger partial charge < -0.3 is 4.90 Å². The lowest BCUT2D eigenvalue weighted by molar-refractivity contribution is 0.628. The Kier molecular flexibility index (Phi) is 4.04. The summed E-state index contributed by atoms with van der Waals surface area (Å²) < 4.78 is 12.8. The maximum Gasteiger partial charge on any atom is 0.225 e. The molecule has 2 aromatic rings. The van der Waals surface area contributed by atoms with Crippen LogP contribution in [0.25, 0.3) is 11.1 Å². The second-order valence-electron chi connectivity index (χ2n) is 4.11. The molecule has 0 radical (unpaired) electrons. The van der Waals surface area contributed by atoms with E-state index in [0.717, 1.165) is 11.1 Å². The van der Waals surface area contributed by atoms with E-state index in [0.29, 0.717) is 18.9 Å². The Morgan fingerprint density at radius 1 is 1.16 bits per heavy atom. The van der Waals surface area contributed by atoms with Crippen molar-refractivity contribution in [3.05, 3.63) is 42.5 Å². The normalized spacial score (nSPS) is 9.95. The van der Waals surface area contributed by atoms with E-state index >= 15 is 0 Å². The Morgan fingerprint density at radius 2 is 1.79 bits per heavy atom. The van der Waals surface area contributed by atoms with Crippen LogP contribution in [0.4, 0.5) is 10.3 Å². The molecule has 0 aliphatic carbocycles. The van der Waals surface area contributed by atoms with Crippen LogP contribution >= 0.6 is 0 Å². The van der Waals surface area contributed by atoms with E-state index < -0.39 is 0 Å². The highest BCUT2D eigenvalue weighted by Crippen LogP contribution is 2.19. The summed E-state index contributed by atoms with van der Waals surface area (Å²) in [5.74, 6) is 0.304. The first kappa shape index (κ1) is 13.0. The fraction of sp³-hybridized carbons (Fsp3) is 0.214. The van der Waals surface area contributed by atoms with E-state index in [9.17, 15) is 4.39 Å². The van der Waals surface area contributed by atoms with Crippen LogP contribution in [0.5, 0.6) is 0 Å². The Bertz CT molecular complexity index is 572. The van der Waals surface area contributed by atoms with Crippen LogP contribution in [0.1, 0.15) is 6.42 Å². The van der Waals surface area contributed by atoms with Crippen LogP contribution in [-0.2, 0) is 0 Å². The summed E-state index contributed by atoms with van der Waals surface area (Å²) in [4.78, 5) is 10.3. The molecule has 0 saturated carbocycles. The number of hydrogen-bond donors (Lipinski definition) is 0. The van der Waals surface area contributed by atoms with E-state index in [1.54, 1.807) is 24.5 Å². The van der Waals surface area contributed by atoms with Gasteiger partial charge in [-0.05, 0) is 17.7 Å². The molecule has 19 heavy (non-hydrogen) atoms. The maximum atomic E-state index is 12.8. The number of hydrogen-bond acceptors (Lipinski definition) is 4. The van der Waals surface area contributed by atoms with Crippen molar-refractivity contribution in [2.24, 2.45) is 0 Å². The highest BCUT2D eigenvalue weighted by atomic mass is 19.1. The molecule has 0 aliphatic rings.